The molecule has 2 aromatic heterocycles. The SMILES string of the molecule is C=CC1CC(=O)N(c2nccc(-c3cccnc3)n2)C1. The zero-order valence-corrected chi connectivity index (χ0v) is 10.9. The smallest absolute Gasteiger partial charge is 0.232 e. The van der Waals surface area contributed by atoms with E-state index in [1.807, 2.05) is 24.3 Å². The molecule has 0 spiro atoms. The number of anilines is 1. The Balaban J connectivity index is 1.92. The second kappa shape index (κ2) is 5.21. The van der Waals surface area contributed by atoms with Gasteiger partial charge in [-0.25, -0.2) is 9.97 Å². The second-order valence-electron chi connectivity index (χ2n) is 4.69. The summed E-state index contributed by atoms with van der Waals surface area (Å²) in [5.41, 5.74) is 1.67. The van der Waals surface area contributed by atoms with Crippen molar-refractivity contribution in [3.05, 3.63) is 49.4 Å². The number of carbonyl (C=O) groups excluding carboxylic acids is 1. The molecule has 0 aromatic carbocycles. The van der Waals surface area contributed by atoms with Crippen LogP contribution < -0.4 is 4.90 Å². The summed E-state index contributed by atoms with van der Waals surface area (Å²) >= 11 is 0. The van der Waals surface area contributed by atoms with E-state index in [0.29, 0.717) is 18.9 Å². The topological polar surface area (TPSA) is 59.0 Å². The van der Waals surface area contributed by atoms with Crippen molar-refractivity contribution in [1.29, 1.82) is 0 Å². The highest BCUT2D eigenvalue weighted by atomic mass is 16.2. The number of amides is 1. The van der Waals surface area contributed by atoms with Crippen LogP contribution in [0.3, 0.4) is 0 Å². The molecule has 0 N–H and O–H groups in total. The third-order valence-electron chi connectivity index (χ3n) is 3.33. The van der Waals surface area contributed by atoms with E-state index >= 15 is 0 Å². The molecule has 1 unspecified atom stereocenters. The summed E-state index contributed by atoms with van der Waals surface area (Å²) in [6.45, 7) is 4.34. The molecule has 1 saturated heterocycles. The molecule has 3 rings (SSSR count). The molecule has 0 bridgehead atoms. The number of hydrogen-bond donors (Lipinski definition) is 0. The van der Waals surface area contributed by atoms with E-state index < -0.39 is 0 Å². The van der Waals surface area contributed by atoms with Crippen molar-refractivity contribution in [3.63, 3.8) is 0 Å². The molecule has 5 nitrogen and oxygen atoms in total. The molecule has 0 saturated carbocycles. The molecule has 3 heterocycles. The lowest BCUT2D eigenvalue weighted by molar-refractivity contribution is -0.117. The summed E-state index contributed by atoms with van der Waals surface area (Å²) in [6.07, 6.45) is 7.40. The first-order chi connectivity index (χ1) is 9.78. The van der Waals surface area contributed by atoms with Crippen LogP contribution in [0.15, 0.2) is 49.4 Å². The Hall–Kier alpha value is -2.56. The van der Waals surface area contributed by atoms with Crippen molar-refractivity contribution in [3.8, 4) is 11.3 Å². The summed E-state index contributed by atoms with van der Waals surface area (Å²) in [4.78, 5) is 26.3. The first kappa shape index (κ1) is 12.5. The molecular weight excluding hydrogens is 252 g/mol. The van der Waals surface area contributed by atoms with E-state index in [4.69, 9.17) is 0 Å². The highest BCUT2D eigenvalue weighted by Crippen LogP contribution is 2.24. The molecule has 5 heteroatoms. The maximum Gasteiger partial charge on any atom is 0.232 e. The van der Waals surface area contributed by atoms with Crippen LogP contribution in [0.1, 0.15) is 6.42 Å². The summed E-state index contributed by atoms with van der Waals surface area (Å²) in [5.74, 6) is 0.659. The molecule has 1 fully saturated rings. The van der Waals surface area contributed by atoms with Crippen molar-refractivity contribution in [1.82, 2.24) is 15.0 Å². The van der Waals surface area contributed by atoms with Gasteiger partial charge in [0.05, 0.1) is 5.69 Å². The third kappa shape index (κ3) is 2.30. The second-order valence-corrected chi connectivity index (χ2v) is 4.69. The predicted molar refractivity (Wildman–Crippen MR) is 75.9 cm³/mol. The zero-order valence-electron chi connectivity index (χ0n) is 10.9. The predicted octanol–water partition coefficient (Wildman–Crippen LogP) is 2.08. The van der Waals surface area contributed by atoms with Gasteiger partial charge in [-0.05, 0) is 18.2 Å². The molecule has 1 atom stereocenters. The van der Waals surface area contributed by atoms with Gasteiger partial charge < -0.3 is 0 Å². The number of nitrogens with zero attached hydrogens (tertiary/aromatic N) is 4. The van der Waals surface area contributed by atoms with Gasteiger partial charge in [0.1, 0.15) is 0 Å². The molecule has 0 aliphatic carbocycles. The Morgan fingerprint density at radius 2 is 2.25 bits per heavy atom. The highest BCUT2D eigenvalue weighted by Gasteiger charge is 2.30. The molecule has 20 heavy (non-hydrogen) atoms. The van der Waals surface area contributed by atoms with Gasteiger partial charge in [0.15, 0.2) is 0 Å². The van der Waals surface area contributed by atoms with Crippen LogP contribution in [0.25, 0.3) is 11.3 Å². The molecular formula is C15H14N4O. The van der Waals surface area contributed by atoms with Gasteiger partial charge in [-0.3, -0.25) is 14.7 Å². The lowest BCUT2D eigenvalue weighted by Crippen LogP contribution is -2.26. The Morgan fingerprint density at radius 3 is 2.95 bits per heavy atom. The number of carbonyl (C=O) groups is 1. The molecule has 0 radical (unpaired) electrons. The largest absolute Gasteiger partial charge is 0.280 e. The standard InChI is InChI=1S/C15H14N4O/c1-2-11-8-14(20)19(10-11)15-17-7-5-13(18-15)12-4-3-6-16-9-12/h2-7,9,11H,1,8,10H2. The van der Waals surface area contributed by atoms with Crippen LogP contribution in [0.4, 0.5) is 5.95 Å². The van der Waals surface area contributed by atoms with E-state index in [-0.39, 0.29) is 11.8 Å². The summed E-state index contributed by atoms with van der Waals surface area (Å²) in [6, 6.07) is 5.59. The van der Waals surface area contributed by atoms with E-state index in [9.17, 15) is 4.79 Å². The monoisotopic (exact) mass is 266 g/mol. The van der Waals surface area contributed by atoms with E-state index in [2.05, 4.69) is 21.5 Å². The number of hydrogen-bond acceptors (Lipinski definition) is 4. The molecule has 1 aliphatic heterocycles. The lowest BCUT2D eigenvalue weighted by atomic mass is 10.1. The van der Waals surface area contributed by atoms with E-state index in [1.165, 1.54) is 0 Å². The van der Waals surface area contributed by atoms with Gasteiger partial charge in [-0.1, -0.05) is 6.08 Å². The summed E-state index contributed by atoms with van der Waals surface area (Å²) < 4.78 is 0. The van der Waals surface area contributed by atoms with Gasteiger partial charge in [-0.2, -0.15) is 0 Å². The molecule has 2 aromatic rings. The normalized spacial score (nSPS) is 18.3. The van der Waals surface area contributed by atoms with Gasteiger partial charge >= 0.3 is 0 Å². The van der Waals surface area contributed by atoms with Crippen LogP contribution in [-0.4, -0.2) is 27.4 Å². The van der Waals surface area contributed by atoms with E-state index in [1.54, 1.807) is 23.5 Å². The van der Waals surface area contributed by atoms with Crippen molar-refractivity contribution in [2.45, 2.75) is 6.42 Å². The number of pyridine rings is 1. The lowest BCUT2D eigenvalue weighted by Gasteiger charge is -2.14. The van der Waals surface area contributed by atoms with Gasteiger partial charge in [0.2, 0.25) is 11.9 Å². The summed E-state index contributed by atoms with van der Waals surface area (Å²) in [5, 5.41) is 0. The molecule has 1 aliphatic rings. The quantitative estimate of drug-likeness (QED) is 0.798. The fourth-order valence-electron chi connectivity index (χ4n) is 2.24. The van der Waals surface area contributed by atoms with Crippen molar-refractivity contribution in [2.24, 2.45) is 5.92 Å². The van der Waals surface area contributed by atoms with Crippen molar-refractivity contribution >= 4 is 11.9 Å². The molecule has 1 amide bonds. The minimum atomic E-state index is 0.0400. The van der Waals surface area contributed by atoms with Gasteiger partial charge in [-0.15, -0.1) is 6.58 Å². The zero-order chi connectivity index (χ0) is 13.9. The van der Waals surface area contributed by atoms with E-state index in [0.717, 1.165) is 11.3 Å². The average molecular weight is 266 g/mol. The Morgan fingerprint density at radius 1 is 1.35 bits per heavy atom. The average Bonchev–Trinajstić information content (AvgIpc) is 2.89. The van der Waals surface area contributed by atoms with Gasteiger partial charge in [0.25, 0.3) is 0 Å². The first-order valence-electron chi connectivity index (χ1n) is 6.44. The Labute approximate surface area is 117 Å². The Kier molecular flexibility index (Phi) is 3.25. The highest BCUT2D eigenvalue weighted by molar-refractivity contribution is 5.94. The van der Waals surface area contributed by atoms with Crippen molar-refractivity contribution in [2.75, 3.05) is 11.4 Å². The fourth-order valence-corrected chi connectivity index (χ4v) is 2.24. The third-order valence-corrected chi connectivity index (χ3v) is 3.33. The number of aromatic nitrogens is 3. The van der Waals surface area contributed by atoms with Crippen LogP contribution in [0, 0.1) is 5.92 Å². The minimum Gasteiger partial charge on any atom is -0.280 e. The van der Waals surface area contributed by atoms with Crippen LogP contribution in [0.2, 0.25) is 0 Å². The summed E-state index contributed by atoms with van der Waals surface area (Å²) in [7, 11) is 0. The van der Waals surface area contributed by atoms with Crippen LogP contribution in [0.5, 0.6) is 0 Å². The molecule has 100 valence electrons. The number of rotatable bonds is 3. The fraction of sp³-hybridized carbons (Fsp3) is 0.200. The maximum atomic E-state index is 12.0. The minimum absolute atomic E-state index is 0.0400. The van der Waals surface area contributed by atoms with Crippen LogP contribution in [-0.2, 0) is 4.79 Å². The maximum absolute atomic E-state index is 12.0. The van der Waals surface area contributed by atoms with Crippen molar-refractivity contribution < 1.29 is 4.79 Å². The van der Waals surface area contributed by atoms with Crippen LogP contribution >= 0.6 is 0 Å². The Bertz CT molecular complexity index is 641. The first-order valence-corrected chi connectivity index (χ1v) is 6.44. The van der Waals surface area contributed by atoms with Gasteiger partial charge in [0, 0.05) is 43.0 Å².